The Kier molecular flexibility index (Phi) is 4.90. The first-order valence-electron chi connectivity index (χ1n) is 10.7. The first-order chi connectivity index (χ1) is 15.4. The maximum atomic E-state index is 2.50. The summed E-state index contributed by atoms with van der Waals surface area (Å²) in [4.78, 5) is 10.4. The van der Waals surface area contributed by atoms with Crippen molar-refractivity contribution in [1.29, 1.82) is 0 Å². The number of rotatable bonds is 4. The van der Waals surface area contributed by atoms with Gasteiger partial charge in [0.05, 0.1) is 22.7 Å². The molecule has 0 bridgehead atoms. The average molecular weight is 439 g/mol. The highest BCUT2D eigenvalue weighted by molar-refractivity contribution is 8.00. The smallest absolute Gasteiger partial charge is 0.0552 e. The van der Waals surface area contributed by atoms with Crippen LogP contribution in [0.2, 0.25) is 0 Å². The van der Waals surface area contributed by atoms with E-state index >= 15 is 0 Å². The Bertz CT molecular complexity index is 1070. The van der Waals surface area contributed by atoms with Gasteiger partial charge in [0.1, 0.15) is 0 Å². The van der Waals surface area contributed by atoms with Crippen molar-refractivity contribution in [3.8, 4) is 0 Å². The maximum Gasteiger partial charge on any atom is 0.0552 e. The topological polar surface area (TPSA) is 6.48 Å². The molecular weight excluding hydrogens is 416 g/mol. The Balaban J connectivity index is 1.29. The van der Waals surface area contributed by atoms with E-state index in [0.717, 1.165) is 19.5 Å². The number of benzene rings is 4. The van der Waals surface area contributed by atoms with Gasteiger partial charge < -0.3 is 9.80 Å². The third kappa shape index (κ3) is 3.40. The molecule has 0 radical (unpaired) electrons. The normalized spacial score (nSPS) is 13.8. The molecule has 4 heteroatoms. The molecule has 0 amide bonds. The minimum absolute atomic E-state index is 0.989. The molecule has 2 aliphatic rings. The van der Waals surface area contributed by atoms with Gasteiger partial charge in [-0.15, -0.1) is 0 Å². The summed E-state index contributed by atoms with van der Waals surface area (Å²) < 4.78 is 0. The summed E-state index contributed by atoms with van der Waals surface area (Å²) in [7, 11) is 0. The summed E-state index contributed by atoms with van der Waals surface area (Å²) in [6, 6.07) is 35.1. The van der Waals surface area contributed by atoms with E-state index in [2.05, 4.69) is 107 Å². The molecule has 6 rings (SSSR count). The van der Waals surface area contributed by atoms with E-state index in [0.29, 0.717) is 0 Å². The molecule has 2 aliphatic heterocycles. The van der Waals surface area contributed by atoms with Gasteiger partial charge >= 0.3 is 0 Å². The fraction of sp³-hybridized carbons (Fsp3) is 0.111. The SMILES string of the molecule is c1ccc2c(c1)Sc1ccccc1N2CCCN1c2ccccc2Sc2ccccc21. The molecule has 31 heavy (non-hydrogen) atoms. The van der Waals surface area contributed by atoms with E-state index in [1.807, 2.05) is 23.5 Å². The molecule has 0 spiro atoms. The van der Waals surface area contributed by atoms with Crippen molar-refractivity contribution in [1.82, 2.24) is 0 Å². The molecule has 2 nitrogen and oxygen atoms in total. The lowest BCUT2D eigenvalue weighted by atomic mass is 10.2. The van der Waals surface area contributed by atoms with Crippen LogP contribution in [0.4, 0.5) is 22.7 Å². The molecule has 4 aromatic rings. The molecule has 0 unspecified atom stereocenters. The second-order valence-electron chi connectivity index (χ2n) is 7.73. The monoisotopic (exact) mass is 438 g/mol. The summed E-state index contributed by atoms with van der Waals surface area (Å²) >= 11 is 3.75. The van der Waals surface area contributed by atoms with Gasteiger partial charge in [0.25, 0.3) is 0 Å². The Hall–Kier alpha value is -2.82. The van der Waals surface area contributed by atoms with E-state index in [4.69, 9.17) is 0 Å². The Morgan fingerprint density at radius 1 is 0.419 bits per heavy atom. The number of para-hydroxylation sites is 4. The van der Waals surface area contributed by atoms with Crippen molar-refractivity contribution in [3.05, 3.63) is 97.1 Å². The van der Waals surface area contributed by atoms with Crippen LogP contribution in [0.25, 0.3) is 0 Å². The van der Waals surface area contributed by atoms with Gasteiger partial charge in [-0.2, -0.15) is 0 Å². The average Bonchev–Trinajstić information content (AvgIpc) is 2.83. The lowest BCUT2D eigenvalue weighted by Crippen LogP contribution is -2.27. The molecule has 2 heterocycles. The van der Waals surface area contributed by atoms with E-state index in [9.17, 15) is 0 Å². The maximum absolute atomic E-state index is 2.50. The Morgan fingerprint density at radius 3 is 1.03 bits per heavy atom. The van der Waals surface area contributed by atoms with Gasteiger partial charge in [-0.3, -0.25) is 0 Å². The van der Waals surface area contributed by atoms with E-state index in [1.54, 1.807) is 0 Å². The number of anilines is 4. The highest BCUT2D eigenvalue weighted by Crippen LogP contribution is 2.49. The molecule has 4 aromatic carbocycles. The second-order valence-corrected chi connectivity index (χ2v) is 9.90. The lowest BCUT2D eigenvalue weighted by Gasteiger charge is -2.35. The summed E-state index contributed by atoms with van der Waals surface area (Å²) in [5.41, 5.74) is 5.28. The fourth-order valence-corrected chi connectivity index (χ4v) is 6.62. The van der Waals surface area contributed by atoms with Crippen molar-refractivity contribution in [3.63, 3.8) is 0 Å². The zero-order valence-corrected chi connectivity index (χ0v) is 18.7. The zero-order chi connectivity index (χ0) is 20.6. The minimum Gasteiger partial charge on any atom is -0.340 e. The molecule has 0 aromatic heterocycles. The summed E-state index contributed by atoms with van der Waals surface area (Å²) in [5.74, 6) is 0. The first kappa shape index (κ1) is 18.9. The second kappa shape index (κ2) is 8.03. The summed E-state index contributed by atoms with van der Waals surface area (Å²) in [5, 5.41) is 0. The predicted molar refractivity (Wildman–Crippen MR) is 133 cm³/mol. The van der Waals surface area contributed by atoms with Crippen LogP contribution < -0.4 is 9.80 Å². The standard InChI is InChI=1S/C27H22N2S2/c1-5-14-24-20(10-1)28(21-11-2-6-15-25(21)30-24)18-9-19-29-22-12-3-7-16-26(22)31-27-17-8-4-13-23(27)29/h1-8,10-17H,9,18-19H2. The quantitative estimate of drug-likeness (QED) is 0.318. The third-order valence-electron chi connectivity index (χ3n) is 5.83. The molecule has 0 atom stereocenters. The summed E-state index contributed by atoms with van der Waals surface area (Å²) in [6.07, 6.45) is 1.07. The number of fused-ring (bicyclic) bond motifs is 4. The number of hydrogen-bond donors (Lipinski definition) is 0. The molecule has 0 saturated heterocycles. The van der Waals surface area contributed by atoms with E-state index in [1.165, 1.54) is 42.3 Å². The highest BCUT2D eigenvalue weighted by Gasteiger charge is 2.25. The fourth-order valence-electron chi connectivity index (χ4n) is 4.43. The van der Waals surface area contributed by atoms with Crippen LogP contribution in [0, 0.1) is 0 Å². The lowest BCUT2D eigenvalue weighted by molar-refractivity contribution is 0.781. The number of nitrogens with zero attached hydrogens (tertiary/aromatic N) is 2. The first-order valence-corrected chi connectivity index (χ1v) is 12.3. The molecule has 152 valence electrons. The van der Waals surface area contributed by atoms with Gasteiger partial charge in [-0.25, -0.2) is 0 Å². The summed E-state index contributed by atoms with van der Waals surface area (Å²) in [6.45, 7) is 1.98. The van der Waals surface area contributed by atoms with Gasteiger partial charge in [0.15, 0.2) is 0 Å². The van der Waals surface area contributed by atoms with E-state index < -0.39 is 0 Å². The number of hydrogen-bond acceptors (Lipinski definition) is 4. The van der Waals surface area contributed by atoms with Crippen molar-refractivity contribution >= 4 is 46.3 Å². The highest BCUT2D eigenvalue weighted by atomic mass is 32.2. The predicted octanol–water partition coefficient (Wildman–Crippen LogP) is 7.98. The third-order valence-corrected chi connectivity index (χ3v) is 8.09. The molecule has 0 aliphatic carbocycles. The van der Waals surface area contributed by atoms with Crippen molar-refractivity contribution < 1.29 is 0 Å². The van der Waals surface area contributed by atoms with Crippen LogP contribution in [-0.4, -0.2) is 13.1 Å². The van der Waals surface area contributed by atoms with Crippen LogP contribution in [-0.2, 0) is 0 Å². The molecule has 0 N–H and O–H groups in total. The van der Waals surface area contributed by atoms with Gasteiger partial charge in [-0.05, 0) is 55.0 Å². The van der Waals surface area contributed by atoms with Crippen LogP contribution in [0.5, 0.6) is 0 Å². The van der Waals surface area contributed by atoms with Gasteiger partial charge in [0.2, 0.25) is 0 Å². The largest absolute Gasteiger partial charge is 0.340 e. The van der Waals surface area contributed by atoms with Crippen LogP contribution >= 0.6 is 23.5 Å². The zero-order valence-electron chi connectivity index (χ0n) is 17.1. The molecular formula is C27H22N2S2. The van der Waals surface area contributed by atoms with Crippen molar-refractivity contribution in [2.24, 2.45) is 0 Å². The Morgan fingerprint density at radius 2 is 0.710 bits per heavy atom. The van der Waals surface area contributed by atoms with Crippen molar-refractivity contribution in [2.75, 3.05) is 22.9 Å². The molecule has 0 saturated carbocycles. The van der Waals surface area contributed by atoms with Crippen molar-refractivity contribution in [2.45, 2.75) is 26.0 Å². The van der Waals surface area contributed by atoms with Crippen LogP contribution in [0.15, 0.2) is 117 Å². The van der Waals surface area contributed by atoms with E-state index in [-0.39, 0.29) is 0 Å². The minimum atomic E-state index is 0.989. The van der Waals surface area contributed by atoms with Crippen LogP contribution in [0.1, 0.15) is 6.42 Å². The Labute approximate surface area is 191 Å². The van der Waals surface area contributed by atoms with Gasteiger partial charge in [-0.1, -0.05) is 72.1 Å². The van der Waals surface area contributed by atoms with Gasteiger partial charge in [0, 0.05) is 32.7 Å². The molecule has 0 fully saturated rings. The van der Waals surface area contributed by atoms with Crippen LogP contribution in [0.3, 0.4) is 0 Å².